The molecular weight excluding hydrogens is 356 g/mol. The van der Waals surface area contributed by atoms with Gasteiger partial charge in [-0.1, -0.05) is 0 Å². The fraction of sp³-hybridized carbons (Fsp3) is 0.412. The van der Waals surface area contributed by atoms with Crippen LogP contribution in [0.3, 0.4) is 0 Å². The van der Waals surface area contributed by atoms with Crippen molar-refractivity contribution in [2.75, 3.05) is 33.3 Å². The maximum atomic E-state index is 12.7. The van der Waals surface area contributed by atoms with Crippen molar-refractivity contribution in [1.29, 1.82) is 0 Å². The first-order chi connectivity index (χ1) is 12.5. The molecule has 2 heterocycles. The van der Waals surface area contributed by atoms with E-state index < -0.39 is 4.92 Å². The number of nitro benzene ring substituents is 1. The van der Waals surface area contributed by atoms with Crippen molar-refractivity contribution in [3.8, 4) is 5.75 Å². The molecule has 3 rings (SSSR count). The Hall–Kier alpha value is -2.52. The monoisotopic (exact) mass is 376 g/mol. The van der Waals surface area contributed by atoms with Crippen LogP contribution in [-0.4, -0.2) is 58.9 Å². The lowest BCUT2D eigenvalue weighted by Crippen LogP contribution is -2.48. The summed E-state index contributed by atoms with van der Waals surface area (Å²) in [5.41, 5.74) is 1.16. The number of nitro groups is 1. The standard InChI is InChI=1S/C17H20N4O4S/c1-12-18-14(11-26-12)10-19-5-7-20(8-6-19)17(22)13-3-4-16(25-2)15(9-13)21(23)24/h3-4,9,11H,5-8,10H2,1-2H3. The maximum absolute atomic E-state index is 12.7. The molecule has 0 N–H and O–H groups in total. The van der Waals surface area contributed by atoms with Crippen molar-refractivity contribution >= 4 is 22.9 Å². The molecule has 0 unspecified atom stereocenters. The highest BCUT2D eigenvalue weighted by Gasteiger charge is 2.25. The van der Waals surface area contributed by atoms with Crippen molar-refractivity contribution in [2.24, 2.45) is 0 Å². The number of ether oxygens (including phenoxy) is 1. The number of methoxy groups -OCH3 is 1. The number of thiazole rings is 1. The quantitative estimate of drug-likeness (QED) is 0.588. The number of nitrogens with zero attached hydrogens (tertiary/aromatic N) is 4. The fourth-order valence-corrected chi connectivity index (χ4v) is 3.57. The van der Waals surface area contributed by atoms with Crippen molar-refractivity contribution in [2.45, 2.75) is 13.5 Å². The largest absolute Gasteiger partial charge is 0.490 e. The van der Waals surface area contributed by atoms with E-state index in [0.717, 1.165) is 30.3 Å². The number of hydrogen-bond acceptors (Lipinski definition) is 7. The highest BCUT2D eigenvalue weighted by atomic mass is 32.1. The summed E-state index contributed by atoms with van der Waals surface area (Å²) in [6, 6.07) is 4.32. The molecule has 9 heteroatoms. The van der Waals surface area contributed by atoms with Gasteiger partial charge in [-0.25, -0.2) is 4.98 Å². The van der Waals surface area contributed by atoms with Crippen molar-refractivity contribution in [3.05, 3.63) is 50.0 Å². The van der Waals surface area contributed by atoms with Crippen LogP contribution in [0.25, 0.3) is 0 Å². The Balaban J connectivity index is 1.63. The molecule has 1 aromatic heterocycles. The highest BCUT2D eigenvalue weighted by Crippen LogP contribution is 2.28. The molecule has 0 bridgehead atoms. The number of aryl methyl sites for hydroxylation is 1. The Kier molecular flexibility index (Phi) is 5.48. The zero-order chi connectivity index (χ0) is 18.7. The molecule has 0 saturated carbocycles. The van der Waals surface area contributed by atoms with Crippen molar-refractivity contribution < 1.29 is 14.5 Å². The van der Waals surface area contributed by atoms with Crippen molar-refractivity contribution in [1.82, 2.24) is 14.8 Å². The van der Waals surface area contributed by atoms with Gasteiger partial charge in [-0.2, -0.15) is 0 Å². The second-order valence-electron chi connectivity index (χ2n) is 6.07. The smallest absolute Gasteiger partial charge is 0.311 e. The summed E-state index contributed by atoms with van der Waals surface area (Å²) >= 11 is 1.63. The van der Waals surface area contributed by atoms with Crippen LogP contribution in [0.5, 0.6) is 5.75 Å². The lowest BCUT2D eigenvalue weighted by molar-refractivity contribution is -0.385. The van der Waals surface area contributed by atoms with E-state index in [0.29, 0.717) is 18.7 Å². The predicted octanol–water partition coefficient (Wildman–Crippen LogP) is 2.33. The van der Waals surface area contributed by atoms with E-state index in [4.69, 9.17) is 4.74 Å². The van der Waals surface area contributed by atoms with Gasteiger partial charge >= 0.3 is 5.69 Å². The van der Waals surface area contributed by atoms with Gasteiger partial charge in [0.05, 0.1) is 22.7 Å². The van der Waals surface area contributed by atoms with Gasteiger partial charge in [0.15, 0.2) is 5.75 Å². The van der Waals surface area contributed by atoms with Gasteiger partial charge in [0.1, 0.15) is 0 Å². The second-order valence-corrected chi connectivity index (χ2v) is 7.13. The van der Waals surface area contributed by atoms with Crippen molar-refractivity contribution in [3.63, 3.8) is 0 Å². The van der Waals surface area contributed by atoms with Gasteiger partial charge in [-0.05, 0) is 19.1 Å². The summed E-state index contributed by atoms with van der Waals surface area (Å²) in [4.78, 5) is 31.7. The Morgan fingerprint density at radius 1 is 1.35 bits per heavy atom. The molecule has 2 aromatic rings. The third kappa shape index (κ3) is 4.00. The molecule has 0 atom stereocenters. The van der Waals surface area contributed by atoms with Gasteiger partial charge < -0.3 is 9.64 Å². The number of carbonyl (C=O) groups excluding carboxylic acids is 1. The van der Waals surface area contributed by atoms with E-state index in [-0.39, 0.29) is 17.3 Å². The Labute approximate surface area is 155 Å². The third-order valence-electron chi connectivity index (χ3n) is 4.33. The highest BCUT2D eigenvalue weighted by molar-refractivity contribution is 7.09. The summed E-state index contributed by atoms with van der Waals surface area (Å²) < 4.78 is 4.98. The number of aromatic nitrogens is 1. The summed E-state index contributed by atoms with van der Waals surface area (Å²) in [5, 5.41) is 14.2. The molecule has 0 spiro atoms. The minimum absolute atomic E-state index is 0.148. The first-order valence-electron chi connectivity index (χ1n) is 8.23. The molecule has 1 aromatic carbocycles. The predicted molar refractivity (Wildman–Crippen MR) is 97.7 cm³/mol. The van der Waals surface area contributed by atoms with Gasteiger partial charge in [-0.15, -0.1) is 11.3 Å². The fourth-order valence-electron chi connectivity index (χ4n) is 2.97. The van der Waals surface area contributed by atoms with Crippen LogP contribution >= 0.6 is 11.3 Å². The molecule has 1 aliphatic heterocycles. The lowest BCUT2D eigenvalue weighted by atomic mass is 10.1. The number of benzene rings is 1. The van der Waals surface area contributed by atoms with Gasteiger partial charge in [-0.3, -0.25) is 19.8 Å². The third-order valence-corrected chi connectivity index (χ3v) is 5.16. The molecular formula is C17H20N4O4S. The molecule has 1 saturated heterocycles. The Bertz CT molecular complexity index is 815. The van der Waals surface area contributed by atoms with Crippen LogP contribution in [0.2, 0.25) is 0 Å². The van der Waals surface area contributed by atoms with E-state index in [1.165, 1.54) is 19.2 Å². The molecule has 1 amide bonds. The van der Waals surface area contributed by atoms with Gasteiger partial charge in [0.25, 0.3) is 5.91 Å². The molecule has 0 aliphatic carbocycles. The van der Waals surface area contributed by atoms with Gasteiger partial charge in [0, 0.05) is 49.7 Å². The normalized spacial score (nSPS) is 15.1. The maximum Gasteiger partial charge on any atom is 0.311 e. The molecule has 1 fully saturated rings. The average molecular weight is 376 g/mol. The van der Waals surface area contributed by atoms with E-state index in [1.54, 1.807) is 22.3 Å². The van der Waals surface area contributed by atoms with E-state index in [9.17, 15) is 14.9 Å². The van der Waals surface area contributed by atoms with Crippen LogP contribution in [0.4, 0.5) is 5.69 Å². The second kappa shape index (κ2) is 7.79. The van der Waals surface area contributed by atoms with Crippen LogP contribution in [0.1, 0.15) is 21.1 Å². The van der Waals surface area contributed by atoms with Crippen LogP contribution in [0, 0.1) is 17.0 Å². The van der Waals surface area contributed by atoms with Crippen LogP contribution in [0.15, 0.2) is 23.6 Å². The van der Waals surface area contributed by atoms with Gasteiger partial charge in [0.2, 0.25) is 0 Å². The number of piperazine rings is 1. The number of hydrogen-bond donors (Lipinski definition) is 0. The first-order valence-corrected chi connectivity index (χ1v) is 9.11. The number of rotatable bonds is 5. The lowest BCUT2D eigenvalue weighted by Gasteiger charge is -2.34. The number of carbonyl (C=O) groups is 1. The topological polar surface area (TPSA) is 88.8 Å². The van der Waals surface area contributed by atoms with Crippen LogP contribution < -0.4 is 4.74 Å². The summed E-state index contributed by atoms with van der Waals surface area (Å²) in [6.07, 6.45) is 0. The minimum atomic E-state index is -0.538. The first kappa shape index (κ1) is 18.3. The zero-order valence-corrected chi connectivity index (χ0v) is 15.5. The van der Waals surface area contributed by atoms with E-state index >= 15 is 0 Å². The summed E-state index contributed by atoms with van der Waals surface area (Å²) in [7, 11) is 1.37. The molecule has 0 radical (unpaired) electrons. The van der Waals surface area contributed by atoms with E-state index in [2.05, 4.69) is 15.3 Å². The van der Waals surface area contributed by atoms with Crippen LogP contribution in [-0.2, 0) is 6.54 Å². The molecule has 8 nitrogen and oxygen atoms in total. The SMILES string of the molecule is COc1ccc(C(=O)N2CCN(Cc3csc(C)n3)CC2)cc1[N+](=O)[O-]. The van der Waals surface area contributed by atoms with E-state index in [1.807, 2.05) is 6.92 Å². The average Bonchev–Trinajstić information content (AvgIpc) is 3.06. The summed E-state index contributed by atoms with van der Waals surface area (Å²) in [6.45, 7) is 5.43. The summed E-state index contributed by atoms with van der Waals surface area (Å²) in [5.74, 6) is -0.0465. The minimum Gasteiger partial charge on any atom is -0.490 e. The Morgan fingerprint density at radius 3 is 2.65 bits per heavy atom. The number of amides is 1. The zero-order valence-electron chi connectivity index (χ0n) is 14.7. The molecule has 1 aliphatic rings. The Morgan fingerprint density at radius 2 is 2.08 bits per heavy atom. The molecule has 138 valence electrons. The molecule has 26 heavy (non-hydrogen) atoms.